The van der Waals surface area contributed by atoms with Gasteiger partial charge in [-0.3, -0.25) is 0 Å². The van der Waals surface area contributed by atoms with Crippen molar-refractivity contribution < 1.29 is 26.0 Å². The molecule has 1 aromatic rings. The number of ether oxygens (including phenoxy) is 1. The molecule has 1 rings (SSSR count). The maximum absolute atomic E-state index is 12.7. The van der Waals surface area contributed by atoms with Crippen molar-refractivity contribution in [3.05, 3.63) is 33.7 Å². The molecular weight excluding hydrogens is 317 g/mol. The molecule has 0 aliphatic carbocycles. The van der Waals surface area contributed by atoms with Gasteiger partial charge in [-0.25, -0.2) is 4.79 Å². The van der Waals surface area contributed by atoms with Gasteiger partial charge in [0.05, 0.1) is 5.56 Å². The van der Waals surface area contributed by atoms with E-state index in [2.05, 4.69) is 14.2 Å². The lowest BCUT2D eigenvalue weighted by atomic mass is 10.1. The molecule has 0 N–H and O–H groups in total. The molecule has 0 unspecified atom stereocenters. The Bertz CT molecular complexity index is 749. The third-order valence-electron chi connectivity index (χ3n) is 2.31. The summed E-state index contributed by atoms with van der Waals surface area (Å²) in [4.78, 5) is 14.5. The van der Waals surface area contributed by atoms with Gasteiger partial charge in [-0.1, -0.05) is 9.00 Å². The first-order valence-corrected chi connectivity index (χ1v) is 7.31. The minimum absolute atomic E-state index is 0.0614. The number of benzene rings is 1. The van der Waals surface area contributed by atoms with Crippen LogP contribution in [-0.2, 0) is 15.2 Å². The molecule has 0 aromatic heterocycles. The van der Waals surface area contributed by atoms with Crippen LogP contribution in [0.2, 0.25) is 0 Å². The average Bonchev–Trinajstić information content (AvgIpc) is 2.30. The van der Waals surface area contributed by atoms with E-state index in [-0.39, 0.29) is 16.8 Å². The number of carbonyl (C=O) groups is 1. The summed E-state index contributed by atoms with van der Waals surface area (Å²) in [7, 11) is -5.30. The summed E-state index contributed by atoms with van der Waals surface area (Å²) in [6, 6.07) is 2.19. The molecule has 22 heavy (non-hydrogen) atoms. The lowest BCUT2D eigenvalue weighted by Gasteiger charge is -2.20. The van der Waals surface area contributed by atoms with Crippen LogP contribution in [0.4, 0.5) is 9.57 Å². The second-order valence-electron chi connectivity index (χ2n) is 5.29. The number of esters is 1. The van der Waals surface area contributed by atoms with Crippen LogP contribution in [0.1, 0.15) is 36.7 Å². The first-order chi connectivity index (χ1) is 9.93. The standard InChI is InChI=1S/C12H14FN3O5S/c1-7-9(15-16-14)5-8(11(17)20-12(2,3)4)6-10(7)21-22(13,18)19/h5-6H,1-4H3. The van der Waals surface area contributed by atoms with Gasteiger partial charge in [0.15, 0.2) is 0 Å². The van der Waals surface area contributed by atoms with Crippen molar-refractivity contribution in [1.29, 1.82) is 0 Å². The van der Waals surface area contributed by atoms with E-state index in [9.17, 15) is 17.1 Å². The molecule has 0 aliphatic rings. The molecule has 0 saturated heterocycles. The number of halogens is 1. The van der Waals surface area contributed by atoms with Crippen molar-refractivity contribution in [2.75, 3.05) is 0 Å². The number of azide groups is 1. The fraction of sp³-hybridized carbons (Fsp3) is 0.417. The first-order valence-electron chi connectivity index (χ1n) is 6.00. The van der Waals surface area contributed by atoms with Crippen LogP contribution in [0.3, 0.4) is 0 Å². The second kappa shape index (κ2) is 6.20. The van der Waals surface area contributed by atoms with Crippen LogP contribution in [-0.4, -0.2) is 20.0 Å². The van der Waals surface area contributed by atoms with Gasteiger partial charge in [0.1, 0.15) is 11.4 Å². The highest BCUT2D eigenvalue weighted by Crippen LogP contribution is 2.32. The predicted octanol–water partition coefficient (Wildman–Crippen LogP) is 3.49. The Balaban J connectivity index is 3.41. The molecular formula is C12H14FN3O5S. The molecule has 8 nitrogen and oxygen atoms in total. The monoisotopic (exact) mass is 331 g/mol. The Labute approximate surface area is 126 Å². The lowest BCUT2D eigenvalue weighted by Crippen LogP contribution is -2.24. The molecule has 0 heterocycles. The molecule has 0 atom stereocenters. The first kappa shape index (κ1) is 17.7. The normalized spacial score (nSPS) is 11.5. The summed E-state index contributed by atoms with van der Waals surface area (Å²) in [6.45, 7) is 6.26. The molecule has 0 bridgehead atoms. The van der Waals surface area contributed by atoms with Gasteiger partial charge in [-0.05, 0) is 45.4 Å². The van der Waals surface area contributed by atoms with Crippen molar-refractivity contribution in [3.63, 3.8) is 0 Å². The Hall–Kier alpha value is -2.32. The summed E-state index contributed by atoms with van der Waals surface area (Å²) < 4.78 is 43.2. The summed E-state index contributed by atoms with van der Waals surface area (Å²) >= 11 is 0. The van der Waals surface area contributed by atoms with Crippen molar-refractivity contribution >= 4 is 22.2 Å². The molecule has 0 amide bonds. The van der Waals surface area contributed by atoms with Crippen molar-refractivity contribution in [1.82, 2.24) is 0 Å². The maximum atomic E-state index is 12.7. The predicted molar refractivity (Wildman–Crippen MR) is 75.8 cm³/mol. The number of hydrogen-bond donors (Lipinski definition) is 0. The van der Waals surface area contributed by atoms with E-state index in [1.165, 1.54) is 13.0 Å². The quantitative estimate of drug-likeness (QED) is 0.275. The zero-order chi connectivity index (χ0) is 17.1. The van der Waals surface area contributed by atoms with E-state index in [4.69, 9.17) is 10.3 Å². The fourth-order valence-corrected chi connectivity index (χ4v) is 1.86. The molecule has 10 heteroatoms. The van der Waals surface area contributed by atoms with Crippen LogP contribution >= 0.6 is 0 Å². The molecule has 1 aromatic carbocycles. The Morgan fingerprint density at radius 2 is 1.95 bits per heavy atom. The molecule has 0 radical (unpaired) electrons. The van der Waals surface area contributed by atoms with Crippen molar-refractivity contribution in [3.8, 4) is 5.75 Å². The number of nitrogens with zero attached hydrogens (tertiary/aromatic N) is 3. The third-order valence-corrected chi connectivity index (χ3v) is 2.69. The highest BCUT2D eigenvalue weighted by molar-refractivity contribution is 7.81. The number of hydrogen-bond acceptors (Lipinski definition) is 6. The fourth-order valence-electron chi connectivity index (χ4n) is 1.47. The zero-order valence-electron chi connectivity index (χ0n) is 12.3. The Kier molecular flexibility index (Phi) is 5.00. The molecule has 0 saturated carbocycles. The summed E-state index contributed by atoms with van der Waals surface area (Å²) in [5, 5.41) is 3.31. The zero-order valence-corrected chi connectivity index (χ0v) is 13.1. The molecule has 0 aliphatic heterocycles. The van der Waals surface area contributed by atoms with E-state index in [1.807, 2.05) is 0 Å². The largest absolute Gasteiger partial charge is 0.488 e. The Morgan fingerprint density at radius 1 is 1.36 bits per heavy atom. The van der Waals surface area contributed by atoms with Crippen LogP contribution in [0.25, 0.3) is 10.4 Å². The van der Waals surface area contributed by atoms with E-state index < -0.39 is 27.8 Å². The van der Waals surface area contributed by atoms with Crippen LogP contribution in [0.15, 0.2) is 17.2 Å². The minimum atomic E-state index is -5.30. The topological polar surface area (TPSA) is 118 Å². The van der Waals surface area contributed by atoms with Gasteiger partial charge in [-0.15, -0.1) is 0 Å². The Morgan fingerprint density at radius 3 is 2.41 bits per heavy atom. The smallest absolute Gasteiger partial charge is 0.456 e. The summed E-state index contributed by atoms with van der Waals surface area (Å²) in [5.74, 6) is -1.27. The highest BCUT2D eigenvalue weighted by Gasteiger charge is 2.22. The summed E-state index contributed by atoms with van der Waals surface area (Å²) in [6.07, 6.45) is 0. The molecule has 120 valence electrons. The average molecular weight is 331 g/mol. The van der Waals surface area contributed by atoms with E-state index in [0.29, 0.717) is 0 Å². The van der Waals surface area contributed by atoms with Gasteiger partial charge in [0.2, 0.25) is 0 Å². The minimum Gasteiger partial charge on any atom is -0.456 e. The van der Waals surface area contributed by atoms with Crippen LogP contribution < -0.4 is 4.18 Å². The highest BCUT2D eigenvalue weighted by atomic mass is 32.3. The third kappa shape index (κ3) is 5.23. The van der Waals surface area contributed by atoms with E-state index >= 15 is 0 Å². The van der Waals surface area contributed by atoms with Crippen LogP contribution in [0, 0.1) is 6.92 Å². The van der Waals surface area contributed by atoms with Gasteiger partial charge in [0, 0.05) is 16.2 Å². The molecule has 0 fully saturated rings. The summed E-state index contributed by atoms with van der Waals surface area (Å²) in [5.41, 5.74) is 7.54. The van der Waals surface area contributed by atoms with Crippen molar-refractivity contribution in [2.45, 2.75) is 33.3 Å². The number of rotatable bonds is 4. The maximum Gasteiger partial charge on any atom is 0.488 e. The van der Waals surface area contributed by atoms with Gasteiger partial charge >= 0.3 is 16.5 Å². The van der Waals surface area contributed by atoms with Crippen molar-refractivity contribution in [2.24, 2.45) is 5.11 Å². The van der Waals surface area contributed by atoms with Gasteiger partial charge in [0.25, 0.3) is 0 Å². The molecule has 0 spiro atoms. The second-order valence-corrected chi connectivity index (χ2v) is 6.24. The van der Waals surface area contributed by atoms with Gasteiger partial charge < -0.3 is 8.92 Å². The van der Waals surface area contributed by atoms with E-state index in [1.54, 1.807) is 20.8 Å². The number of carbonyl (C=O) groups excluding carboxylic acids is 1. The van der Waals surface area contributed by atoms with Gasteiger partial charge in [-0.2, -0.15) is 8.42 Å². The SMILES string of the molecule is Cc1c(N=[N+]=[N-])cc(C(=O)OC(C)(C)C)cc1OS(=O)(=O)F. The van der Waals surface area contributed by atoms with Crippen LogP contribution in [0.5, 0.6) is 5.75 Å². The van der Waals surface area contributed by atoms with E-state index in [0.717, 1.165) is 6.07 Å². The lowest BCUT2D eigenvalue weighted by molar-refractivity contribution is 0.00692.